The Bertz CT molecular complexity index is 426. The van der Waals surface area contributed by atoms with Crippen molar-refractivity contribution in [2.45, 2.75) is 19.3 Å². The van der Waals surface area contributed by atoms with Crippen molar-refractivity contribution in [3.05, 3.63) is 33.9 Å². The quantitative estimate of drug-likeness (QED) is 0.600. The molecule has 1 aromatic rings. The minimum Gasteiger partial charge on any atom is -0.502 e. The summed E-state index contributed by atoms with van der Waals surface area (Å²) in [6.45, 7) is 0.113. The maximum atomic E-state index is 10.6. The van der Waals surface area contributed by atoms with Crippen molar-refractivity contribution in [2.24, 2.45) is 5.41 Å². The molecule has 1 aliphatic carbocycles. The van der Waals surface area contributed by atoms with Crippen LogP contribution in [0.4, 0.5) is 5.69 Å². The number of nitro benzene ring substituents is 1. The zero-order valence-electron chi connectivity index (χ0n) is 8.72. The molecule has 1 fully saturated rings. The summed E-state index contributed by atoms with van der Waals surface area (Å²) < 4.78 is 0. The van der Waals surface area contributed by atoms with Crippen molar-refractivity contribution in [3.8, 4) is 5.75 Å². The maximum absolute atomic E-state index is 10.6. The minimum absolute atomic E-state index is 0.0785. The largest absolute Gasteiger partial charge is 0.502 e. The van der Waals surface area contributed by atoms with E-state index < -0.39 is 4.92 Å². The van der Waals surface area contributed by atoms with Gasteiger partial charge in [-0.1, -0.05) is 6.07 Å². The van der Waals surface area contributed by atoms with E-state index in [1.54, 1.807) is 6.07 Å². The van der Waals surface area contributed by atoms with Crippen LogP contribution in [0.2, 0.25) is 0 Å². The fraction of sp³-hybridized carbons (Fsp3) is 0.455. The van der Waals surface area contributed by atoms with E-state index in [0.717, 1.165) is 18.4 Å². The van der Waals surface area contributed by atoms with Gasteiger partial charge in [-0.2, -0.15) is 0 Å². The fourth-order valence-electron chi connectivity index (χ4n) is 1.83. The number of aromatic hydroxyl groups is 1. The average molecular weight is 223 g/mol. The van der Waals surface area contributed by atoms with E-state index in [4.69, 9.17) is 5.11 Å². The predicted molar refractivity (Wildman–Crippen MR) is 57.2 cm³/mol. The number of nitrogens with zero attached hydrogens (tertiary/aromatic N) is 1. The lowest BCUT2D eigenvalue weighted by Gasteiger charge is -2.11. The molecule has 1 saturated carbocycles. The van der Waals surface area contributed by atoms with Crippen molar-refractivity contribution < 1.29 is 15.1 Å². The first kappa shape index (κ1) is 10.9. The Labute approximate surface area is 92.5 Å². The van der Waals surface area contributed by atoms with Gasteiger partial charge in [0.2, 0.25) is 0 Å². The Kier molecular flexibility index (Phi) is 2.55. The molecular formula is C11H13NO4. The second-order valence-corrected chi connectivity index (χ2v) is 4.42. The summed E-state index contributed by atoms with van der Waals surface area (Å²) in [7, 11) is 0. The Morgan fingerprint density at radius 2 is 2.12 bits per heavy atom. The zero-order valence-corrected chi connectivity index (χ0v) is 8.72. The number of aliphatic hydroxyl groups excluding tert-OH is 1. The van der Waals surface area contributed by atoms with Gasteiger partial charge in [0.1, 0.15) is 0 Å². The van der Waals surface area contributed by atoms with Crippen molar-refractivity contribution in [2.75, 3.05) is 6.61 Å². The highest BCUT2D eigenvalue weighted by molar-refractivity contribution is 5.47. The number of aliphatic hydroxyl groups is 1. The monoisotopic (exact) mass is 223 g/mol. The molecule has 0 amide bonds. The van der Waals surface area contributed by atoms with Gasteiger partial charge in [-0.15, -0.1) is 0 Å². The highest BCUT2D eigenvalue weighted by Crippen LogP contribution is 2.48. The Morgan fingerprint density at radius 1 is 1.44 bits per heavy atom. The molecule has 0 bridgehead atoms. The highest BCUT2D eigenvalue weighted by atomic mass is 16.6. The molecule has 2 rings (SSSR count). The van der Waals surface area contributed by atoms with Gasteiger partial charge in [-0.25, -0.2) is 0 Å². The molecule has 86 valence electrons. The van der Waals surface area contributed by atoms with E-state index in [0.29, 0.717) is 6.42 Å². The molecule has 0 aromatic heterocycles. The molecule has 16 heavy (non-hydrogen) atoms. The van der Waals surface area contributed by atoms with Crippen molar-refractivity contribution in [3.63, 3.8) is 0 Å². The van der Waals surface area contributed by atoms with Gasteiger partial charge in [0.05, 0.1) is 4.92 Å². The van der Waals surface area contributed by atoms with Crippen LogP contribution in [-0.4, -0.2) is 21.7 Å². The molecule has 1 aromatic carbocycles. The summed E-state index contributed by atoms with van der Waals surface area (Å²) in [4.78, 5) is 10.0. The molecule has 5 nitrogen and oxygen atoms in total. The molecule has 0 spiro atoms. The topological polar surface area (TPSA) is 83.6 Å². The number of phenolic OH excluding ortho intramolecular Hbond substituents is 1. The smallest absolute Gasteiger partial charge is 0.310 e. The van der Waals surface area contributed by atoms with Crippen LogP contribution in [0.1, 0.15) is 18.4 Å². The van der Waals surface area contributed by atoms with Crippen LogP contribution in [0.3, 0.4) is 0 Å². The van der Waals surface area contributed by atoms with Gasteiger partial charge in [0, 0.05) is 12.7 Å². The van der Waals surface area contributed by atoms with Gasteiger partial charge in [-0.3, -0.25) is 10.1 Å². The first-order chi connectivity index (χ1) is 7.56. The second kappa shape index (κ2) is 3.75. The third-order valence-corrected chi connectivity index (χ3v) is 3.11. The molecule has 5 heteroatoms. The van der Waals surface area contributed by atoms with E-state index in [-0.39, 0.29) is 23.5 Å². The number of hydrogen-bond donors (Lipinski definition) is 2. The summed E-state index contributed by atoms with van der Waals surface area (Å²) in [6.07, 6.45) is 2.54. The standard InChI is InChI=1S/C11H13NO4/c13-7-11(3-4-11)6-8-1-2-10(14)9(5-8)12(15)16/h1-2,5,13-14H,3-4,6-7H2. The Hall–Kier alpha value is -1.62. The maximum Gasteiger partial charge on any atom is 0.310 e. The molecule has 0 saturated heterocycles. The average Bonchev–Trinajstić information content (AvgIpc) is 3.01. The summed E-state index contributed by atoms with van der Waals surface area (Å²) >= 11 is 0. The second-order valence-electron chi connectivity index (χ2n) is 4.42. The van der Waals surface area contributed by atoms with Crippen LogP contribution in [0.15, 0.2) is 18.2 Å². The third kappa shape index (κ3) is 1.99. The number of phenols is 1. The SMILES string of the molecule is O=[N+]([O-])c1cc(CC2(CO)CC2)ccc1O. The molecule has 0 heterocycles. The summed E-state index contributed by atoms with van der Waals surface area (Å²) in [6, 6.07) is 4.38. The predicted octanol–water partition coefficient (Wildman–Crippen LogP) is 1.62. The summed E-state index contributed by atoms with van der Waals surface area (Å²) in [5.41, 5.74) is 0.437. The Balaban J connectivity index is 2.23. The molecule has 0 radical (unpaired) electrons. The molecule has 2 N–H and O–H groups in total. The molecule has 0 aliphatic heterocycles. The number of nitro groups is 1. The van der Waals surface area contributed by atoms with Crippen LogP contribution in [-0.2, 0) is 6.42 Å². The van der Waals surface area contributed by atoms with E-state index in [1.165, 1.54) is 12.1 Å². The van der Waals surface area contributed by atoms with Gasteiger partial charge in [0.25, 0.3) is 0 Å². The van der Waals surface area contributed by atoms with Crippen molar-refractivity contribution in [1.82, 2.24) is 0 Å². The van der Waals surface area contributed by atoms with Crippen LogP contribution in [0.25, 0.3) is 0 Å². The van der Waals surface area contributed by atoms with Crippen LogP contribution < -0.4 is 0 Å². The molecular weight excluding hydrogens is 210 g/mol. The van der Waals surface area contributed by atoms with Gasteiger partial charge in [0.15, 0.2) is 5.75 Å². The first-order valence-corrected chi connectivity index (χ1v) is 5.13. The third-order valence-electron chi connectivity index (χ3n) is 3.11. The van der Waals surface area contributed by atoms with Gasteiger partial charge >= 0.3 is 5.69 Å². The minimum atomic E-state index is -0.600. The number of hydrogen-bond acceptors (Lipinski definition) is 4. The van der Waals surface area contributed by atoms with E-state index in [1.807, 2.05) is 0 Å². The Morgan fingerprint density at radius 3 is 2.62 bits per heavy atom. The van der Waals surface area contributed by atoms with E-state index in [9.17, 15) is 15.2 Å². The van der Waals surface area contributed by atoms with Crippen molar-refractivity contribution >= 4 is 5.69 Å². The lowest BCUT2D eigenvalue weighted by Crippen LogP contribution is -2.10. The molecule has 0 atom stereocenters. The van der Waals surface area contributed by atoms with Crippen LogP contribution >= 0.6 is 0 Å². The highest BCUT2D eigenvalue weighted by Gasteiger charge is 2.42. The van der Waals surface area contributed by atoms with E-state index in [2.05, 4.69) is 0 Å². The summed E-state index contributed by atoms with van der Waals surface area (Å²) in [5.74, 6) is -0.317. The molecule has 0 unspecified atom stereocenters. The normalized spacial score (nSPS) is 17.1. The van der Waals surface area contributed by atoms with Crippen LogP contribution in [0, 0.1) is 15.5 Å². The number of benzene rings is 1. The zero-order chi connectivity index (χ0) is 11.8. The molecule has 1 aliphatic rings. The first-order valence-electron chi connectivity index (χ1n) is 5.13. The van der Waals surface area contributed by atoms with E-state index >= 15 is 0 Å². The lowest BCUT2D eigenvalue weighted by atomic mass is 9.97. The van der Waals surface area contributed by atoms with Gasteiger partial charge < -0.3 is 10.2 Å². The van der Waals surface area contributed by atoms with Gasteiger partial charge in [-0.05, 0) is 36.3 Å². The van der Waals surface area contributed by atoms with Crippen LogP contribution in [0.5, 0.6) is 5.75 Å². The fourth-order valence-corrected chi connectivity index (χ4v) is 1.83. The van der Waals surface area contributed by atoms with Crippen molar-refractivity contribution in [1.29, 1.82) is 0 Å². The summed E-state index contributed by atoms with van der Waals surface area (Å²) in [5, 5.41) is 29.1. The lowest BCUT2D eigenvalue weighted by molar-refractivity contribution is -0.385. The number of rotatable bonds is 4.